The minimum Gasteiger partial charge on any atom is -0.333 e. The summed E-state index contributed by atoms with van der Waals surface area (Å²) >= 11 is 3.16. The predicted octanol–water partition coefficient (Wildman–Crippen LogP) is 3.77. The number of nitrogens with one attached hydrogen (secondary N) is 1. The molecule has 7 nitrogen and oxygen atoms in total. The van der Waals surface area contributed by atoms with E-state index in [1.54, 1.807) is 23.3 Å². The minimum atomic E-state index is -0.208. The van der Waals surface area contributed by atoms with E-state index in [-0.39, 0.29) is 18.6 Å². The highest BCUT2D eigenvalue weighted by Crippen LogP contribution is 2.26. The van der Waals surface area contributed by atoms with Gasteiger partial charge in [0.05, 0.1) is 28.2 Å². The van der Waals surface area contributed by atoms with Crippen molar-refractivity contribution >= 4 is 28.7 Å². The van der Waals surface area contributed by atoms with Crippen LogP contribution < -0.4 is 5.32 Å². The van der Waals surface area contributed by atoms with E-state index in [0.29, 0.717) is 11.7 Å². The van der Waals surface area contributed by atoms with Gasteiger partial charge in [-0.3, -0.25) is 0 Å². The Hall–Kier alpha value is -2.26. The second-order valence-corrected chi connectivity index (χ2v) is 7.97. The highest BCUT2D eigenvalue weighted by Gasteiger charge is 2.22. The highest BCUT2D eigenvalue weighted by molar-refractivity contribution is 7.13. The highest BCUT2D eigenvalue weighted by atomic mass is 32.1. The van der Waals surface area contributed by atoms with E-state index in [1.165, 1.54) is 11.3 Å². The maximum Gasteiger partial charge on any atom is 0.318 e. The number of hydrogen-bond donors (Lipinski definition) is 1. The Morgan fingerprint density at radius 1 is 1.40 bits per heavy atom. The normalized spacial score (nSPS) is 12.2. The molecule has 9 heteroatoms. The van der Waals surface area contributed by atoms with Gasteiger partial charge in [0.2, 0.25) is 0 Å². The number of nitrogens with zero attached hydrogens (tertiary/aromatic N) is 4. The van der Waals surface area contributed by atoms with Gasteiger partial charge in [-0.05, 0) is 32.2 Å². The molecule has 132 valence electrons. The van der Waals surface area contributed by atoms with Crippen LogP contribution in [0, 0.1) is 13.8 Å². The lowest BCUT2D eigenvalue weighted by atomic mass is 10.2. The van der Waals surface area contributed by atoms with Crippen molar-refractivity contribution in [3.8, 4) is 10.8 Å². The number of hydrogen-bond acceptors (Lipinski definition) is 7. The van der Waals surface area contributed by atoms with E-state index in [9.17, 15) is 4.79 Å². The molecule has 0 aliphatic carbocycles. The van der Waals surface area contributed by atoms with Crippen molar-refractivity contribution in [3.63, 3.8) is 0 Å². The molecular weight excluding hydrogens is 358 g/mol. The van der Waals surface area contributed by atoms with Crippen LogP contribution in [0.2, 0.25) is 0 Å². The van der Waals surface area contributed by atoms with Crippen molar-refractivity contribution in [1.29, 1.82) is 0 Å². The molecule has 0 unspecified atom stereocenters. The van der Waals surface area contributed by atoms with Crippen LogP contribution in [0.3, 0.4) is 0 Å². The van der Waals surface area contributed by atoms with Crippen LogP contribution in [-0.4, -0.2) is 33.1 Å². The molecular formula is C16H19N5O2S2. The molecule has 0 aliphatic rings. The fourth-order valence-corrected chi connectivity index (χ4v) is 3.95. The molecule has 0 aromatic carbocycles. The zero-order valence-electron chi connectivity index (χ0n) is 14.4. The number of urea groups is 1. The zero-order chi connectivity index (χ0) is 18.0. The summed E-state index contributed by atoms with van der Waals surface area (Å²) in [7, 11) is 1.75. The number of thiophene rings is 1. The van der Waals surface area contributed by atoms with Gasteiger partial charge < -0.3 is 14.7 Å². The number of thiazole rings is 1. The van der Waals surface area contributed by atoms with Gasteiger partial charge in [0.25, 0.3) is 5.89 Å². The molecule has 3 rings (SSSR count). The van der Waals surface area contributed by atoms with E-state index in [1.807, 2.05) is 38.3 Å². The molecule has 1 atom stereocenters. The van der Waals surface area contributed by atoms with E-state index >= 15 is 0 Å². The van der Waals surface area contributed by atoms with Crippen LogP contribution in [-0.2, 0) is 6.54 Å². The van der Waals surface area contributed by atoms with Gasteiger partial charge in [-0.1, -0.05) is 11.2 Å². The Bertz CT molecular complexity index is 856. The molecule has 0 saturated carbocycles. The minimum absolute atomic E-state index is 0.114. The molecule has 0 aliphatic heterocycles. The molecule has 0 spiro atoms. The van der Waals surface area contributed by atoms with Crippen molar-refractivity contribution in [2.75, 3.05) is 7.05 Å². The maximum absolute atomic E-state index is 12.4. The van der Waals surface area contributed by atoms with Crippen molar-refractivity contribution < 1.29 is 9.32 Å². The zero-order valence-corrected chi connectivity index (χ0v) is 16.1. The molecule has 0 radical (unpaired) electrons. The Kier molecular flexibility index (Phi) is 5.14. The van der Waals surface area contributed by atoms with E-state index < -0.39 is 0 Å². The van der Waals surface area contributed by atoms with Gasteiger partial charge in [0, 0.05) is 11.9 Å². The first-order valence-corrected chi connectivity index (χ1v) is 9.46. The first-order valence-electron chi connectivity index (χ1n) is 7.76. The van der Waals surface area contributed by atoms with Crippen LogP contribution in [0.1, 0.15) is 34.4 Å². The number of aromatic nitrogens is 3. The SMILES string of the molecule is Cc1nc([C@H](C)N(C)C(=O)NCc2noc(-c3cccs3)n2)c(C)s1. The summed E-state index contributed by atoms with van der Waals surface area (Å²) in [5, 5.41) is 9.66. The average Bonchev–Trinajstić information content (AvgIpc) is 3.31. The summed E-state index contributed by atoms with van der Waals surface area (Å²) in [4.78, 5) is 24.9. The van der Waals surface area contributed by atoms with Crippen molar-refractivity contribution in [2.24, 2.45) is 0 Å². The third kappa shape index (κ3) is 3.88. The lowest BCUT2D eigenvalue weighted by Crippen LogP contribution is -2.38. The van der Waals surface area contributed by atoms with Gasteiger partial charge >= 0.3 is 6.03 Å². The number of aryl methyl sites for hydroxylation is 2. The first-order chi connectivity index (χ1) is 12.0. The molecule has 3 aromatic heterocycles. The van der Waals surface area contributed by atoms with Crippen LogP contribution in [0.15, 0.2) is 22.0 Å². The van der Waals surface area contributed by atoms with Crippen LogP contribution in [0.25, 0.3) is 10.8 Å². The molecule has 3 aromatic rings. The van der Waals surface area contributed by atoms with Gasteiger partial charge in [-0.25, -0.2) is 9.78 Å². The molecule has 3 heterocycles. The van der Waals surface area contributed by atoms with Crippen molar-refractivity contribution in [2.45, 2.75) is 33.4 Å². The third-order valence-corrected chi connectivity index (χ3v) is 5.59. The smallest absolute Gasteiger partial charge is 0.318 e. The Morgan fingerprint density at radius 3 is 2.84 bits per heavy atom. The molecule has 1 N–H and O–H groups in total. The van der Waals surface area contributed by atoms with E-state index in [4.69, 9.17) is 4.52 Å². The Balaban J connectivity index is 1.59. The lowest BCUT2D eigenvalue weighted by molar-refractivity contribution is 0.192. The summed E-state index contributed by atoms with van der Waals surface area (Å²) in [6.45, 7) is 6.16. The predicted molar refractivity (Wildman–Crippen MR) is 97.6 cm³/mol. The van der Waals surface area contributed by atoms with Crippen LogP contribution >= 0.6 is 22.7 Å². The fourth-order valence-electron chi connectivity index (χ4n) is 2.40. The van der Waals surface area contributed by atoms with Crippen LogP contribution in [0.5, 0.6) is 0 Å². The third-order valence-electron chi connectivity index (χ3n) is 3.83. The Morgan fingerprint density at radius 2 is 2.20 bits per heavy atom. The summed E-state index contributed by atoms with van der Waals surface area (Å²) in [5.74, 6) is 0.910. The van der Waals surface area contributed by atoms with Crippen molar-refractivity contribution in [3.05, 3.63) is 38.9 Å². The number of carbonyl (C=O) groups is 1. The van der Waals surface area contributed by atoms with Gasteiger partial charge in [-0.15, -0.1) is 22.7 Å². The molecule has 0 fully saturated rings. The first kappa shape index (κ1) is 17.6. The molecule has 2 amide bonds. The fraction of sp³-hybridized carbons (Fsp3) is 0.375. The lowest BCUT2D eigenvalue weighted by Gasteiger charge is -2.24. The summed E-state index contributed by atoms with van der Waals surface area (Å²) < 4.78 is 5.21. The maximum atomic E-state index is 12.4. The van der Waals surface area contributed by atoms with Gasteiger partial charge in [0.15, 0.2) is 5.82 Å². The van der Waals surface area contributed by atoms with Crippen LogP contribution in [0.4, 0.5) is 4.79 Å². The Labute approximate surface area is 153 Å². The largest absolute Gasteiger partial charge is 0.333 e. The second-order valence-electron chi connectivity index (χ2n) is 5.61. The summed E-state index contributed by atoms with van der Waals surface area (Å²) in [6, 6.07) is 3.51. The number of carbonyl (C=O) groups excluding carboxylic acids is 1. The van der Waals surface area contributed by atoms with E-state index in [2.05, 4.69) is 20.4 Å². The van der Waals surface area contributed by atoms with Crippen molar-refractivity contribution in [1.82, 2.24) is 25.3 Å². The van der Waals surface area contributed by atoms with Gasteiger partial charge in [-0.2, -0.15) is 4.98 Å². The quantitative estimate of drug-likeness (QED) is 0.731. The van der Waals surface area contributed by atoms with Gasteiger partial charge in [0.1, 0.15) is 0 Å². The number of rotatable bonds is 5. The van der Waals surface area contributed by atoms with E-state index in [0.717, 1.165) is 20.5 Å². The second kappa shape index (κ2) is 7.32. The molecule has 0 saturated heterocycles. The standard InChI is InChI=1S/C16H19N5O2S2/c1-9(14-10(2)25-11(3)18-14)21(4)16(22)17-8-13-19-15(23-20-13)12-6-5-7-24-12/h5-7,9H,8H2,1-4H3,(H,17,22)/t9-/m0/s1. The average molecular weight is 377 g/mol. The summed E-state index contributed by atoms with van der Waals surface area (Å²) in [6.07, 6.45) is 0. The number of amides is 2. The monoisotopic (exact) mass is 377 g/mol. The topological polar surface area (TPSA) is 84.2 Å². The molecule has 0 bridgehead atoms. The molecule has 25 heavy (non-hydrogen) atoms. The summed E-state index contributed by atoms with van der Waals surface area (Å²) in [5.41, 5.74) is 0.930.